The summed E-state index contributed by atoms with van der Waals surface area (Å²) in [6.45, 7) is 1.72. The van der Waals surface area contributed by atoms with Gasteiger partial charge >= 0.3 is 0 Å². The fourth-order valence-electron chi connectivity index (χ4n) is 4.20. The molecule has 2 aliphatic heterocycles. The highest BCUT2D eigenvalue weighted by Gasteiger charge is 2.45. The van der Waals surface area contributed by atoms with Gasteiger partial charge in [0, 0.05) is 39.2 Å². The van der Waals surface area contributed by atoms with Gasteiger partial charge in [0.05, 0.1) is 11.7 Å². The quantitative estimate of drug-likeness (QED) is 0.850. The summed E-state index contributed by atoms with van der Waals surface area (Å²) in [5.41, 5.74) is -0.686. The number of nitrogens with zero attached hydrogens (tertiary/aromatic N) is 3. The van der Waals surface area contributed by atoms with Gasteiger partial charge in [-0.2, -0.15) is 0 Å². The Bertz CT molecular complexity index is 917. The summed E-state index contributed by atoms with van der Waals surface area (Å²) in [7, 11) is 1.70. The molecule has 1 N–H and O–H groups in total. The van der Waals surface area contributed by atoms with Gasteiger partial charge in [0.25, 0.3) is 11.5 Å². The van der Waals surface area contributed by atoms with Gasteiger partial charge in [-0.3, -0.25) is 14.0 Å². The Morgan fingerprint density at radius 1 is 1.41 bits per heavy atom. The van der Waals surface area contributed by atoms with Crippen LogP contribution in [0.25, 0.3) is 5.65 Å². The molecule has 0 aliphatic carbocycles. The predicted molar refractivity (Wildman–Crippen MR) is 97.0 cm³/mol. The van der Waals surface area contributed by atoms with Crippen LogP contribution in [-0.2, 0) is 9.47 Å². The third kappa shape index (κ3) is 2.98. The van der Waals surface area contributed by atoms with Crippen molar-refractivity contribution < 1.29 is 19.4 Å². The van der Waals surface area contributed by atoms with E-state index in [1.165, 1.54) is 28.9 Å². The van der Waals surface area contributed by atoms with E-state index < -0.39 is 5.56 Å². The van der Waals surface area contributed by atoms with Crippen LogP contribution in [0.3, 0.4) is 0 Å². The summed E-state index contributed by atoms with van der Waals surface area (Å²) in [6.07, 6.45) is 6.09. The SMILES string of the molecule is CO[C@H]1CCCOC12CCN(C(=O)c1cnc3c(O)cccn3c1=O)CC2. The molecular formula is C19H23N3O5. The Balaban J connectivity index is 1.56. The maximum atomic E-state index is 12.9. The van der Waals surface area contributed by atoms with E-state index >= 15 is 0 Å². The van der Waals surface area contributed by atoms with Gasteiger partial charge in [-0.25, -0.2) is 4.98 Å². The lowest BCUT2D eigenvalue weighted by Crippen LogP contribution is -2.57. The minimum Gasteiger partial charge on any atom is -0.504 e. The molecule has 1 atom stereocenters. The van der Waals surface area contributed by atoms with Gasteiger partial charge in [-0.05, 0) is 37.8 Å². The molecule has 8 nitrogen and oxygen atoms in total. The number of aromatic nitrogens is 2. The highest BCUT2D eigenvalue weighted by atomic mass is 16.5. The lowest BCUT2D eigenvalue weighted by molar-refractivity contribution is -0.183. The second kappa shape index (κ2) is 6.94. The van der Waals surface area contributed by atoms with E-state index in [9.17, 15) is 14.7 Å². The smallest absolute Gasteiger partial charge is 0.270 e. The van der Waals surface area contributed by atoms with E-state index in [0.717, 1.165) is 12.8 Å². The van der Waals surface area contributed by atoms with Crippen molar-refractivity contribution in [1.82, 2.24) is 14.3 Å². The summed E-state index contributed by atoms with van der Waals surface area (Å²) in [6, 6.07) is 2.99. The minimum atomic E-state index is -0.482. The highest BCUT2D eigenvalue weighted by molar-refractivity contribution is 5.94. The van der Waals surface area contributed by atoms with Gasteiger partial charge in [-0.1, -0.05) is 0 Å². The van der Waals surface area contributed by atoms with E-state index in [-0.39, 0.29) is 34.6 Å². The number of methoxy groups -OCH3 is 1. The largest absolute Gasteiger partial charge is 0.504 e. The number of fused-ring (bicyclic) bond motifs is 1. The van der Waals surface area contributed by atoms with E-state index in [4.69, 9.17) is 9.47 Å². The molecule has 4 rings (SSSR count). The fraction of sp³-hybridized carbons (Fsp3) is 0.526. The summed E-state index contributed by atoms with van der Waals surface area (Å²) in [5.74, 6) is -0.446. The van der Waals surface area contributed by atoms with Crippen LogP contribution in [0.4, 0.5) is 0 Å². The molecule has 144 valence electrons. The monoisotopic (exact) mass is 373 g/mol. The highest BCUT2D eigenvalue weighted by Crippen LogP contribution is 2.37. The minimum absolute atomic E-state index is 0.00176. The van der Waals surface area contributed by atoms with Crippen molar-refractivity contribution in [3.8, 4) is 5.75 Å². The van der Waals surface area contributed by atoms with Gasteiger partial charge in [0.1, 0.15) is 5.56 Å². The van der Waals surface area contributed by atoms with Gasteiger partial charge in [0.15, 0.2) is 11.4 Å². The maximum Gasteiger partial charge on any atom is 0.270 e. The molecule has 1 spiro atoms. The fourth-order valence-corrected chi connectivity index (χ4v) is 4.20. The molecule has 4 heterocycles. The van der Waals surface area contributed by atoms with Crippen molar-refractivity contribution in [2.75, 3.05) is 26.8 Å². The van der Waals surface area contributed by atoms with Crippen molar-refractivity contribution in [3.05, 3.63) is 40.4 Å². The second-order valence-corrected chi connectivity index (χ2v) is 7.14. The Hall–Kier alpha value is -2.45. The molecule has 2 aromatic rings. The molecule has 0 aromatic carbocycles. The topological polar surface area (TPSA) is 93.4 Å². The molecule has 2 aromatic heterocycles. The molecule has 2 saturated heterocycles. The van der Waals surface area contributed by atoms with E-state index in [1.807, 2.05) is 0 Å². The van der Waals surface area contributed by atoms with Crippen LogP contribution in [0, 0.1) is 0 Å². The molecule has 0 bridgehead atoms. The number of hydrogen-bond donors (Lipinski definition) is 1. The van der Waals surface area contributed by atoms with Crippen molar-refractivity contribution in [1.29, 1.82) is 0 Å². The Labute approximate surface area is 156 Å². The van der Waals surface area contributed by atoms with E-state index in [0.29, 0.717) is 32.5 Å². The number of likely N-dealkylation sites (tertiary alicyclic amines) is 1. The first-order valence-corrected chi connectivity index (χ1v) is 9.21. The molecule has 2 aliphatic rings. The summed E-state index contributed by atoms with van der Waals surface area (Å²) in [4.78, 5) is 31.3. The standard InChI is InChI=1S/C19H23N3O5/c1-26-15-5-3-11-27-19(15)6-9-21(10-7-19)17(24)13-12-20-16-14(23)4-2-8-22(16)18(13)25/h2,4,8,12,15,23H,3,5-7,9-11H2,1H3/t15-/m0/s1. The first kappa shape index (κ1) is 17.9. The third-order valence-electron chi connectivity index (χ3n) is 5.71. The Morgan fingerprint density at radius 3 is 2.93 bits per heavy atom. The van der Waals surface area contributed by atoms with Crippen LogP contribution >= 0.6 is 0 Å². The van der Waals surface area contributed by atoms with Gasteiger partial charge < -0.3 is 19.5 Å². The maximum absolute atomic E-state index is 12.9. The average molecular weight is 373 g/mol. The van der Waals surface area contributed by atoms with Crippen molar-refractivity contribution in [2.45, 2.75) is 37.4 Å². The van der Waals surface area contributed by atoms with Gasteiger partial charge in [-0.15, -0.1) is 0 Å². The van der Waals surface area contributed by atoms with Crippen molar-refractivity contribution >= 4 is 11.6 Å². The molecule has 0 saturated carbocycles. The van der Waals surface area contributed by atoms with Crippen LogP contribution < -0.4 is 5.56 Å². The van der Waals surface area contributed by atoms with Crippen LogP contribution in [0.5, 0.6) is 5.75 Å². The van der Waals surface area contributed by atoms with Gasteiger partial charge in [0.2, 0.25) is 0 Å². The zero-order chi connectivity index (χ0) is 19.0. The molecular weight excluding hydrogens is 350 g/mol. The molecule has 0 unspecified atom stereocenters. The number of hydrogen-bond acceptors (Lipinski definition) is 6. The third-order valence-corrected chi connectivity index (χ3v) is 5.71. The molecule has 2 fully saturated rings. The molecule has 0 radical (unpaired) electrons. The first-order valence-electron chi connectivity index (χ1n) is 9.21. The molecule has 8 heteroatoms. The second-order valence-electron chi connectivity index (χ2n) is 7.14. The first-order chi connectivity index (χ1) is 13.1. The number of aromatic hydroxyl groups is 1. The lowest BCUT2D eigenvalue weighted by atomic mass is 9.81. The van der Waals surface area contributed by atoms with Crippen LogP contribution in [0.2, 0.25) is 0 Å². The lowest BCUT2D eigenvalue weighted by Gasteiger charge is -2.47. The summed E-state index contributed by atoms with van der Waals surface area (Å²) < 4.78 is 12.9. The normalized spacial score (nSPS) is 22.3. The molecule has 1 amide bonds. The summed E-state index contributed by atoms with van der Waals surface area (Å²) >= 11 is 0. The number of pyridine rings is 1. The number of carbonyl (C=O) groups excluding carboxylic acids is 1. The number of ether oxygens (including phenoxy) is 2. The average Bonchev–Trinajstić information content (AvgIpc) is 2.69. The van der Waals surface area contributed by atoms with Crippen molar-refractivity contribution in [3.63, 3.8) is 0 Å². The number of carbonyl (C=O) groups is 1. The van der Waals surface area contributed by atoms with Crippen LogP contribution in [-0.4, -0.2) is 63.8 Å². The Kier molecular flexibility index (Phi) is 4.61. The zero-order valence-electron chi connectivity index (χ0n) is 15.3. The number of amides is 1. The van der Waals surface area contributed by atoms with Crippen molar-refractivity contribution in [2.24, 2.45) is 0 Å². The zero-order valence-corrected chi connectivity index (χ0v) is 15.3. The number of piperidine rings is 1. The number of rotatable bonds is 2. The Morgan fingerprint density at radius 2 is 2.19 bits per heavy atom. The van der Waals surface area contributed by atoms with E-state index in [1.54, 1.807) is 12.0 Å². The van der Waals surface area contributed by atoms with Crippen LogP contribution in [0.15, 0.2) is 29.3 Å². The van der Waals surface area contributed by atoms with Crippen LogP contribution in [0.1, 0.15) is 36.0 Å². The molecule has 27 heavy (non-hydrogen) atoms. The predicted octanol–water partition coefficient (Wildman–Crippen LogP) is 1.20. The van der Waals surface area contributed by atoms with E-state index in [2.05, 4.69) is 4.98 Å². The summed E-state index contributed by atoms with van der Waals surface area (Å²) in [5, 5.41) is 9.82.